The summed E-state index contributed by atoms with van der Waals surface area (Å²) < 4.78 is 0. The van der Waals surface area contributed by atoms with Gasteiger partial charge >= 0.3 is 0 Å². The monoisotopic (exact) mass is 274 g/mol. The molecule has 1 aromatic heterocycles. The molecule has 0 saturated carbocycles. The van der Waals surface area contributed by atoms with Crippen LogP contribution in [-0.2, 0) is 4.79 Å². The van der Waals surface area contributed by atoms with Crippen molar-refractivity contribution in [2.45, 2.75) is 25.6 Å². The number of nitrogens with two attached hydrogens (primary N) is 1. The summed E-state index contributed by atoms with van der Waals surface area (Å²) in [5, 5.41) is 22.2. The van der Waals surface area contributed by atoms with E-state index in [2.05, 4.69) is 15.3 Å². The van der Waals surface area contributed by atoms with Gasteiger partial charge in [0.1, 0.15) is 22.8 Å². The number of carbonyl (C=O) groups excluding carboxylic acids is 1. The first-order valence-electron chi connectivity index (χ1n) is 5.30. The van der Waals surface area contributed by atoms with Gasteiger partial charge in [-0.3, -0.25) is 9.78 Å². The molecule has 1 heterocycles. The number of nitrogens with zero attached hydrogens (tertiary/aromatic N) is 2. The Kier molecular flexibility index (Phi) is 5.26. The van der Waals surface area contributed by atoms with Crippen molar-refractivity contribution in [2.24, 2.45) is 0 Å². The Morgan fingerprint density at radius 3 is 2.83 bits per heavy atom. The number of aromatic nitrogens is 2. The highest BCUT2D eigenvalue weighted by atomic mass is 35.5. The largest absolute Gasteiger partial charge is 0.390 e. The van der Waals surface area contributed by atoms with Crippen LogP contribution in [0.2, 0.25) is 5.15 Å². The number of anilines is 1. The van der Waals surface area contributed by atoms with Crippen LogP contribution < -0.4 is 11.1 Å². The van der Waals surface area contributed by atoms with Gasteiger partial charge in [0.15, 0.2) is 0 Å². The molecule has 0 aliphatic carbocycles. The summed E-state index contributed by atoms with van der Waals surface area (Å²) in [6.45, 7) is 1.61. The molecule has 0 aliphatic rings. The lowest BCUT2D eigenvalue weighted by atomic mass is 10.1. The molecule has 5 N–H and O–H groups in total. The molecule has 0 aromatic carbocycles. The lowest BCUT2D eigenvalue weighted by molar-refractivity contribution is -0.119. The van der Waals surface area contributed by atoms with E-state index in [1.165, 1.54) is 13.1 Å². The zero-order valence-corrected chi connectivity index (χ0v) is 10.6. The topological polar surface area (TPSA) is 121 Å². The smallest absolute Gasteiger partial charge is 0.216 e. The highest BCUT2D eigenvalue weighted by molar-refractivity contribution is 6.29. The molecule has 8 heteroatoms. The number of hydrogen-bond acceptors (Lipinski definition) is 6. The average molecular weight is 275 g/mol. The normalized spacial score (nSPS) is 14.0. The Morgan fingerprint density at radius 2 is 2.28 bits per heavy atom. The van der Waals surface area contributed by atoms with Gasteiger partial charge in [0, 0.05) is 13.5 Å². The van der Waals surface area contributed by atoms with Crippen molar-refractivity contribution < 1.29 is 15.0 Å². The maximum Gasteiger partial charge on any atom is 0.216 e. The van der Waals surface area contributed by atoms with Crippen LogP contribution in [0.4, 0.5) is 5.82 Å². The van der Waals surface area contributed by atoms with Crippen molar-refractivity contribution in [1.29, 1.82) is 0 Å². The summed E-state index contributed by atoms with van der Waals surface area (Å²) in [6.07, 6.45) is -0.972. The van der Waals surface area contributed by atoms with Gasteiger partial charge < -0.3 is 21.3 Å². The zero-order valence-electron chi connectivity index (χ0n) is 9.80. The summed E-state index contributed by atoms with van der Waals surface area (Å²) in [5.74, 6) is -0.240. The predicted octanol–water partition coefficient (Wildman–Crippen LogP) is -0.367. The number of aliphatic hydroxyl groups is 2. The minimum Gasteiger partial charge on any atom is -0.390 e. The number of hydrogen-bond donors (Lipinski definition) is 4. The standard InChI is InChI=1S/C10H15ClN4O3/c1-5(16)13-3-2-6(17)9(18)8-10(12)15-7(11)4-14-8/h4,6,9,17-18H,2-3H2,1H3,(H2,12,15)(H,13,16). The number of nitrogen functional groups attached to an aromatic ring is 1. The van der Waals surface area contributed by atoms with Crippen LogP contribution in [0.3, 0.4) is 0 Å². The molecule has 0 saturated heterocycles. The van der Waals surface area contributed by atoms with Crippen molar-refractivity contribution >= 4 is 23.3 Å². The third-order valence-corrected chi connectivity index (χ3v) is 2.44. The molecular formula is C10H15ClN4O3. The van der Waals surface area contributed by atoms with Crippen LogP contribution in [0.25, 0.3) is 0 Å². The Hall–Kier alpha value is -1.44. The van der Waals surface area contributed by atoms with Gasteiger partial charge in [-0.2, -0.15) is 0 Å². The SMILES string of the molecule is CC(=O)NCCC(O)C(O)c1ncc(Cl)nc1N. The van der Waals surface area contributed by atoms with Gasteiger partial charge in [-0.1, -0.05) is 11.6 Å². The number of carbonyl (C=O) groups is 1. The van der Waals surface area contributed by atoms with E-state index in [4.69, 9.17) is 17.3 Å². The van der Waals surface area contributed by atoms with Crippen LogP contribution in [0.5, 0.6) is 0 Å². The third kappa shape index (κ3) is 4.10. The highest BCUT2D eigenvalue weighted by Crippen LogP contribution is 2.22. The summed E-state index contributed by atoms with van der Waals surface area (Å²) >= 11 is 5.57. The molecule has 2 unspecified atom stereocenters. The van der Waals surface area contributed by atoms with Gasteiger partial charge in [0.2, 0.25) is 5.91 Å². The summed E-state index contributed by atoms with van der Waals surface area (Å²) in [6, 6.07) is 0. The molecule has 0 bridgehead atoms. The number of rotatable bonds is 5. The first-order valence-corrected chi connectivity index (χ1v) is 5.68. The maximum atomic E-state index is 10.6. The molecule has 0 spiro atoms. The molecule has 0 fully saturated rings. The number of aliphatic hydroxyl groups excluding tert-OH is 2. The second-order valence-corrected chi connectivity index (χ2v) is 4.13. The first-order chi connectivity index (χ1) is 8.41. The molecule has 100 valence electrons. The molecule has 0 radical (unpaired) electrons. The van der Waals surface area contributed by atoms with Gasteiger partial charge in [-0.05, 0) is 6.42 Å². The van der Waals surface area contributed by atoms with Crippen LogP contribution in [-0.4, -0.2) is 38.7 Å². The second-order valence-electron chi connectivity index (χ2n) is 3.75. The average Bonchev–Trinajstić information content (AvgIpc) is 2.27. The van der Waals surface area contributed by atoms with Gasteiger partial charge in [-0.15, -0.1) is 0 Å². The van der Waals surface area contributed by atoms with Gasteiger partial charge in [0.25, 0.3) is 0 Å². The Bertz CT molecular complexity index is 430. The predicted molar refractivity (Wildman–Crippen MR) is 65.7 cm³/mol. The Balaban J connectivity index is 2.62. The summed E-state index contributed by atoms with van der Waals surface area (Å²) in [5.41, 5.74) is 5.60. The van der Waals surface area contributed by atoms with E-state index < -0.39 is 12.2 Å². The molecule has 2 atom stereocenters. The molecular weight excluding hydrogens is 260 g/mol. The van der Waals surface area contributed by atoms with Gasteiger partial charge in [0.05, 0.1) is 12.3 Å². The van der Waals surface area contributed by atoms with E-state index in [1.54, 1.807) is 0 Å². The lowest BCUT2D eigenvalue weighted by Crippen LogP contribution is -2.28. The number of amides is 1. The molecule has 1 rings (SSSR count). The minimum absolute atomic E-state index is 0.0337. The fourth-order valence-corrected chi connectivity index (χ4v) is 1.49. The Morgan fingerprint density at radius 1 is 1.61 bits per heavy atom. The summed E-state index contributed by atoms with van der Waals surface area (Å²) in [7, 11) is 0. The fourth-order valence-electron chi connectivity index (χ4n) is 1.35. The van der Waals surface area contributed by atoms with Crippen molar-refractivity contribution in [1.82, 2.24) is 15.3 Å². The van der Waals surface area contributed by atoms with Crippen LogP contribution in [0.15, 0.2) is 6.20 Å². The van der Waals surface area contributed by atoms with Crippen molar-refractivity contribution in [3.05, 3.63) is 17.0 Å². The van der Waals surface area contributed by atoms with Crippen LogP contribution in [0.1, 0.15) is 25.1 Å². The second kappa shape index (κ2) is 6.48. The van der Waals surface area contributed by atoms with E-state index >= 15 is 0 Å². The molecule has 7 nitrogen and oxygen atoms in total. The Labute approximate surface area is 109 Å². The zero-order chi connectivity index (χ0) is 13.7. The van der Waals surface area contributed by atoms with E-state index in [-0.39, 0.29) is 35.5 Å². The van der Waals surface area contributed by atoms with E-state index in [0.29, 0.717) is 0 Å². The molecule has 1 amide bonds. The quantitative estimate of drug-likeness (QED) is 0.581. The molecule has 18 heavy (non-hydrogen) atoms. The minimum atomic E-state index is -1.27. The molecule has 1 aromatic rings. The lowest BCUT2D eigenvalue weighted by Gasteiger charge is -2.18. The van der Waals surface area contributed by atoms with Crippen LogP contribution >= 0.6 is 11.6 Å². The van der Waals surface area contributed by atoms with Crippen molar-refractivity contribution in [3.63, 3.8) is 0 Å². The highest BCUT2D eigenvalue weighted by Gasteiger charge is 2.22. The summed E-state index contributed by atoms with van der Waals surface area (Å²) in [4.78, 5) is 18.2. The van der Waals surface area contributed by atoms with Gasteiger partial charge in [-0.25, -0.2) is 4.98 Å². The number of nitrogens with one attached hydrogen (secondary N) is 1. The molecule has 0 aliphatic heterocycles. The maximum absolute atomic E-state index is 10.6. The first kappa shape index (κ1) is 14.6. The van der Waals surface area contributed by atoms with E-state index in [0.717, 1.165) is 0 Å². The van der Waals surface area contributed by atoms with E-state index in [9.17, 15) is 15.0 Å². The van der Waals surface area contributed by atoms with E-state index in [1.807, 2.05) is 0 Å². The number of halogens is 1. The third-order valence-electron chi connectivity index (χ3n) is 2.26. The fraction of sp³-hybridized carbons (Fsp3) is 0.500. The van der Waals surface area contributed by atoms with Crippen molar-refractivity contribution in [2.75, 3.05) is 12.3 Å². The van der Waals surface area contributed by atoms with Crippen molar-refractivity contribution in [3.8, 4) is 0 Å². The van der Waals surface area contributed by atoms with Crippen LogP contribution in [0, 0.1) is 0 Å².